The number of allylic oxidation sites excluding steroid dienone is 1. The van der Waals surface area contributed by atoms with E-state index in [2.05, 4.69) is 22.6 Å². The molecule has 0 saturated heterocycles. The van der Waals surface area contributed by atoms with Crippen LogP contribution >= 0.6 is 22.6 Å². The first-order valence-electron chi connectivity index (χ1n) is 8.90. The molecule has 0 bridgehead atoms. The zero-order valence-corrected chi connectivity index (χ0v) is 18.0. The Labute approximate surface area is 179 Å². The summed E-state index contributed by atoms with van der Waals surface area (Å²) in [6.45, 7) is 2.47. The zero-order valence-electron chi connectivity index (χ0n) is 15.8. The van der Waals surface area contributed by atoms with E-state index in [4.69, 9.17) is 9.47 Å². The van der Waals surface area contributed by atoms with Crippen LogP contribution in [0.3, 0.4) is 0 Å². The van der Waals surface area contributed by atoms with Crippen molar-refractivity contribution in [3.05, 3.63) is 98.6 Å². The van der Waals surface area contributed by atoms with Crippen LogP contribution in [0, 0.1) is 10.5 Å². The summed E-state index contributed by atoms with van der Waals surface area (Å²) >= 11 is 2.23. The van der Waals surface area contributed by atoms with E-state index >= 15 is 0 Å². The number of hydrogen-bond donors (Lipinski definition) is 0. The molecule has 0 atom stereocenters. The minimum absolute atomic E-state index is 0.0293. The summed E-state index contributed by atoms with van der Waals surface area (Å²) in [5.41, 5.74) is 3.78. The summed E-state index contributed by atoms with van der Waals surface area (Å²) in [7, 11) is 1.62. The Kier molecular flexibility index (Phi) is 6.87. The van der Waals surface area contributed by atoms with Gasteiger partial charge in [0.25, 0.3) is 0 Å². The van der Waals surface area contributed by atoms with Crippen molar-refractivity contribution in [2.45, 2.75) is 13.5 Å². The average molecular weight is 484 g/mol. The molecule has 0 radical (unpaired) electrons. The second kappa shape index (κ2) is 9.55. The lowest BCUT2D eigenvalue weighted by molar-refractivity contribution is 0.104. The monoisotopic (exact) mass is 484 g/mol. The van der Waals surface area contributed by atoms with Gasteiger partial charge in [0.2, 0.25) is 0 Å². The quantitative estimate of drug-likeness (QED) is 0.232. The highest BCUT2D eigenvalue weighted by Crippen LogP contribution is 2.35. The van der Waals surface area contributed by atoms with E-state index in [1.165, 1.54) is 0 Å². The third-order valence-electron chi connectivity index (χ3n) is 4.24. The van der Waals surface area contributed by atoms with Crippen LogP contribution in [0.5, 0.6) is 11.5 Å². The van der Waals surface area contributed by atoms with Crippen molar-refractivity contribution in [3.8, 4) is 11.5 Å². The van der Waals surface area contributed by atoms with Crippen molar-refractivity contribution in [2.24, 2.45) is 0 Å². The van der Waals surface area contributed by atoms with E-state index in [0.717, 1.165) is 20.3 Å². The molecule has 0 heterocycles. The lowest BCUT2D eigenvalue weighted by atomic mass is 10.1. The van der Waals surface area contributed by atoms with Crippen LogP contribution in [-0.4, -0.2) is 12.9 Å². The summed E-state index contributed by atoms with van der Waals surface area (Å²) in [6.07, 6.45) is 3.38. The van der Waals surface area contributed by atoms with E-state index in [9.17, 15) is 4.79 Å². The SMILES string of the molecule is COc1cc(/C=C/C(=O)c2ccc(C)cc2)cc(I)c1OCc1ccccc1. The first-order chi connectivity index (χ1) is 13.6. The number of ether oxygens (including phenoxy) is 2. The minimum Gasteiger partial charge on any atom is -0.493 e. The van der Waals surface area contributed by atoms with Gasteiger partial charge in [-0.2, -0.15) is 0 Å². The second-order valence-corrected chi connectivity index (χ2v) is 7.53. The summed E-state index contributed by atoms with van der Waals surface area (Å²) < 4.78 is 12.4. The van der Waals surface area contributed by atoms with Gasteiger partial charge in [-0.15, -0.1) is 0 Å². The van der Waals surface area contributed by atoms with E-state index in [1.54, 1.807) is 19.3 Å². The predicted octanol–water partition coefficient (Wildman–Crippen LogP) is 6.08. The molecule has 0 unspecified atom stereocenters. The molecule has 0 saturated carbocycles. The molecular weight excluding hydrogens is 463 g/mol. The van der Waals surface area contributed by atoms with Crippen LogP contribution in [0.1, 0.15) is 27.0 Å². The van der Waals surface area contributed by atoms with E-state index < -0.39 is 0 Å². The Hall–Kier alpha value is -2.60. The van der Waals surface area contributed by atoms with Gasteiger partial charge >= 0.3 is 0 Å². The van der Waals surface area contributed by atoms with Crippen LogP contribution in [0.2, 0.25) is 0 Å². The average Bonchev–Trinajstić information content (AvgIpc) is 2.72. The number of halogens is 1. The molecule has 0 aliphatic heterocycles. The topological polar surface area (TPSA) is 35.5 Å². The summed E-state index contributed by atoms with van der Waals surface area (Å²) in [5, 5.41) is 0. The van der Waals surface area contributed by atoms with Gasteiger partial charge in [0.15, 0.2) is 17.3 Å². The summed E-state index contributed by atoms with van der Waals surface area (Å²) in [5.74, 6) is 1.32. The van der Waals surface area contributed by atoms with Gasteiger partial charge in [-0.25, -0.2) is 0 Å². The molecule has 3 aromatic carbocycles. The highest BCUT2D eigenvalue weighted by Gasteiger charge is 2.11. The van der Waals surface area contributed by atoms with Gasteiger partial charge in [0.1, 0.15) is 6.61 Å². The number of benzene rings is 3. The normalized spacial score (nSPS) is 10.8. The molecule has 3 nitrogen and oxygen atoms in total. The van der Waals surface area contributed by atoms with Crippen LogP contribution in [-0.2, 0) is 6.61 Å². The lowest BCUT2D eigenvalue weighted by Crippen LogP contribution is -2.00. The lowest BCUT2D eigenvalue weighted by Gasteiger charge is -2.13. The standard InChI is InChI=1S/C24H21IO3/c1-17-8-11-20(12-9-17)22(26)13-10-19-14-21(25)24(23(15-19)27-2)28-16-18-6-4-3-5-7-18/h3-15H,16H2,1-2H3/b13-10+. The second-order valence-electron chi connectivity index (χ2n) is 6.37. The molecule has 0 N–H and O–H groups in total. The molecule has 0 aliphatic carbocycles. The van der Waals surface area contributed by atoms with Gasteiger partial charge < -0.3 is 9.47 Å². The highest BCUT2D eigenvalue weighted by molar-refractivity contribution is 14.1. The van der Waals surface area contributed by atoms with Gasteiger partial charge in [0.05, 0.1) is 10.7 Å². The third-order valence-corrected chi connectivity index (χ3v) is 5.04. The van der Waals surface area contributed by atoms with E-state index in [-0.39, 0.29) is 5.78 Å². The van der Waals surface area contributed by atoms with Crippen molar-refractivity contribution in [2.75, 3.05) is 7.11 Å². The molecular formula is C24H21IO3. The van der Waals surface area contributed by atoms with Crippen molar-refractivity contribution in [1.82, 2.24) is 0 Å². The first-order valence-corrected chi connectivity index (χ1v) is 9.98. The van der Waals surface area contributed by atoms with Gasteiger partial charge in [-0.1, -0.05) is 66.2 Å². The number of methoxy groups -OCH3 is 1. The Bertz CT molecular complexity index is 977. The fraction of sp³-hybridized carbons (Fsp3) is 0.125. The molecule has 0 aromatic heterocycles. The van der Waals surface area contributed by atoms with Crippen LogP contribution in [0.15, 0.2) is 72.8 Å². The zero-order chi connectivity index (χ0) is 19.9. The minimum atomic E-state index is -0.0293. The molecule has 0 fully saturated rings. The fourth-order valence-corrected chi connectivity index (χ4v) is 3.47. The van der Waals surface area contributed by atoms with Crippen molar-refractivity contribution in [3.63, 3.8) is 0 Å². The molecule has 0 amide bonds. The van der Waals surface area contributed by atoms with Crippen molar-refractivity contribution < 1.29 is 14.3 Å². The number of ketones is 1. The molecule has 3 rings (SSSR count). The predicted molar refractivity (Wildman–Crippen MR) is 121 cm³/mol. The Balaban J connectivity index is 1.76. The van der Waals surface area contributed by atoms with Gasteiger partial charge in [0, 0.05) is 5.56 Å². The van der Waals surface area contributed by atoms with Crippen LogP contribution in [0.4, 0.5) is 0 Å². The van der Waals surface area contributed by atoms with Crippen molar-refractivity contribution >= 4 is 34.5 Å². The molecule has 0 aliphatic rings. The summed E-state index contributed by atoms with van der Waals surface area (Å²) in [6, 6.07) is 21.4. The van der Waals surface area contributed by atoms with Gasteiger partial charge in [-0.05, 0) is 58.9 Å². The van der Waals surface area contributed by atoms with E-state index in [0.29, 0.717) is 23.7 Å². The number of carbonyl (C=O) groups excluding carboxylic acids is 1. The maximum atomic E-state index is 12.4. The maximum absolute atomic E-state index is 12.4. The van der Waals surface area contributed by atoms with Crippen LogP contribution in [0.25, 0.3) is 6.08 Å². The van der Waals surface area contributed by atoms with Crippen molar-refractivity contribution in [1.29, 1.82) is 0 Å². The molecule has 0 spiro atoms. The summed E-state index contributed by atoms with van der Waals surface area (Å²) in [4.78, 5) is 12.4. The smallest absolute Gasteiger partial charge is 0.185 e. The largest absolute Gasteiger partial charge is 0.493 e. The highest BCUT2D eigenvalue weighted by atomic mass is 127. The maximum Gasteiger partial charge on any atom is 0.185 e. The third kappa shape index (κ3) is 5.23. The van der Waals surface area contributed by atoms with Gasteiger partial charge in [-0.3, -0.25) is 4.79 Å². The van der Waals surface area contributed by atoms with Crippen LogP contribution < -0.4 is 9.47 Å². The number of rotatable bonds is 7. The Morgan fingerprint density at radius 1 is 1.04 bits per heavy atom. The number of aryl methyl sites for hydroxylation is 1. The van der Waals surface area contributed by atoms with E-state index in [1.807, 2.05) is 73.7 Å². The molecule has 4 heteroatoms. The fourth-order valence-electron chi connectivity index (χ4n) is 2.69. The number of hydrogen-bond acceptors (Lipinski definition) is 3. The first kappa shape index (κ1) is 20.1. The number of carbonyl (C=O) groups is 1. The molecule has 3 aromatic rings. The molecule has 28 heavy (non-hydrogen) atoms. The Morgan fingerprint density at radius 2 is 1.75 bits per heavy atom. The molecule has 142 valence electrons. The Morgan fingerprint density at radius 3 is 2.43 bits per heavy atom.